The number of nitrogens with zero attached hydrogens (tertiary/aromatic N) is 5. The maximum Gasteiger partial charge on any atom is 0.237 e. The molecule has 0 saturated carbocycles. The van der Waals surface area contributed by atoms with Gasteiger partial charge >= 0.3 is 0 Å². The van der Waals surface area contributed by atoms with Crippen LogP contribution in [0.25, 0.3) is 16.4 Å². The molecule has 0 amide bonds. The van der Waals surface area contributed by atoms with E-state index in [4.69, 9.17) is 4.52 Å². The third-order valence-electron chi connectivity index (χ3n) is 3.62. The van der Waals surface area contributed by atoms with Crippen molar-refractivity contribution in [2.45, 2.75) is 24.8 Å². The summed E-state index contributed by atoms with van der Waals surface area (Å²) in [4.78, 5) is 5.44. The van der Waals surface area contributed by atoms with Crippen molar-refractivity contribution in [3.05, 3.63) is 59.1 Å². The summed E-state index contributed by atoms with van der Waals surface area (Å²) < 4.78 is 7.37. The fraction of sp³-hybridized carbons (Fsp3) is 0.176. The summed E-state index contributed by atoms with van der Waals surface area (Å²) in [6.45, 7) is 4.01. The van der Waals surface area contributed by atoms with Crippen LogP contribution in [0, 0.1) is 13.8 Å². The van der Waals surface area contributed by atoms with Gasteiger partial charge in [-0.2, -0.15) is 4.98 Å². The molecular formula is C17H15N5OS2. The van der Waals surface area contributed by atoms with Crippen LogP contribution in [0.5, 0.6) is 0 Å². The van der Waals surface area contributed by atoms with E-state index in [0.29, 0.717) is 17.5 Å². The Morgan fingerprint density at radius 3 is 2.72 bits per heavy atom. The molecule has 0 bridgehead atoms. The molecule has 0 radical (unpaired) electrons. The topological polar surface area (TPSA) is 69.6 Å². The zero-order valence-corrected chi connectivity index (χ0v) is 15.3. The van der Waals surface area contributed by atoms with E-state index < -0.39 is 0 Å². The second-order valence-corrected chi connectivity index (χ2v) is 7.37. The molecule has 0 unspecified atom stereocenters. The number of aromatic nitrogens is 5. The smallest absolute Gasteiger partial charge is 0.237 e. The van der Waals surface area contributed by atoms with Gasteiger partial charge in [0.25, 0.3) is 0 Å². The summed E-state index contributed by atoms with van der Waals surface area (Å²) in [5.41, 5.74) is 2.26. The number of rotatable bonds is 5. The zero-order chi connectivity index (χ0) is 17.2. The molecule has 0 aliphatic heterocycles. The van der Waals surface area contributed by atoms with Gasteiger partial charge in [0, 0.05) is 5.69 Å². The zero-order valence-electron chi connectivity index (χ0n) is 13.7. The summed E-state index contributed by atoms with van der Waals surface area (Å²) in [5, 5.41) is 15.3. The minimum Gasteiger partial charge on any atom is -0.338 e. The van der Waals surface area contributed by atoms with Crippen molar-refractivity contribution in [1.29, 1.82) is 0 Å². The average molecular weight is 369 g/mol. The van der Waals surface area contributed by atoms with Crippen LogP contribution in [-0.2, 0) is 5.75 Å². The number of hydrogen-bond donors (Lipinski definition) is 0. The standard InChI is InChI=1S/C17H15N5OS2/c1-11-5-7-13(8-6-11)22-12(2)19-20-17(22)25-10-15-18-16(21-23-15)14-4-3-9-24-14/h3-9H,10H2,1-2H3. The third-order valence-corrected chi connectivity index (χ3v) is 5.40. The van der Waals surface area contributed by atoms with Crippen molar-refractivity contribution in [3.8, 4) is 16.4 Å². The Hall–Kier alpha value is -2.45. The van der Waals surface area contributed by atoms with Gasteiger partial charge in [-0.1, -0.05) is 40.7 Å². The van der Waals surface area contributed by atoms with Gasteiger partial charge < -0.3 is 4.52 Å². The van der Waals surface area contributed by atoms with E-state index in [1.54, 1.807) is 11.3 Å². The molecule has 0 saturated heterocycles. The van der Waals surface area contributed by atoms with Crippen molar-refractivity contribution in [2.24, 2.45) is 0 Å². The summed E-state index contributed by atoms with van der Waals surface area (Å²) in [6.07, 6.45) is 0. The Morgan fingerprint density at radius 2 is 1.96 bits per heavy atom. The van der Waals surface area contributed by atoms with Gasteiger partial charge in [0.1, 0.15) is 5.82 Å². The van der Waals surface area contributed by atoms with E-state index in [1.165, 1.54) is 17.3 Å². The molecule has 0 aliphatic carbocycles. The highest BCUT2D eigenvalue weighted by molar-refractivity contribution is 7.98. The van der Waals surface area contributed by atoms with E-state index in [1.807, 2.05) is 29.0 Å². The van der Waals surface area contributed by atoms with Crippen LogP contribution in [-0.4, -0.2) is 24.9 Å². The van der Waals surface area contributed by atoms with Crippen LogP contribution in [0.15, 0.2) is 51.5 Å². The van der Waals surface area contributed by atoms with E-state index >= 15 is 0 Å². The number of hydrogen-bond acceptors (Lipinski definition) is 7. The van der Waals surface area contributed by atoms with Gasteiger partial charge in [0.05, 0.1) is 10.6 Å². The van der Waals surface area contributed by atoms with Crippen LogP contribution in [0.1, 0.15) is 17.3 Å². The first kappa shape index (κ1) is 16.0. The highest BCUT2D eigenvalue weighted by Gasteiger charge is 2.14. The Kier molecular flexibility index (Phi) is 4.37. The maximum atomic E-state index is 5.35. The Bertz CT molecular complexity index is 973. The lowest BCUT2D eigenvalue weighted by molar-refractivity contribution is 0.391. The van der Waals surface area contributed by atoms with Gasteiger partial charge in [-0.05, 0) is 37.4 Å². The molecule has 3 heterocycles. The molecule has 0 atom stereocenters. The molecule has 0 spiro atoms. The average Bonchev–Trinajstić information content (AvgIpc) is 3.34. The predicted octanol–water partition coefficient (Wildman–Crippen LogP) is 4.29. The van der Waals surface area contributed by atoms with Gasteiger partial charge in [0.15, 0.2) is 5.16 Å². The lowest BCUT2D eigenvalue weighted by Gasteiger charge is -2.07. The Labute approximate surface area is 152 Å². The largest absolute Gasteiger partial charge is 0.338 e. The highest BCUT2D eigenvalue weighted by atomic mass is 32.2. The lowest BCUT2D eigenvalue weighted by atomic mass is 10.2. The molecule has 0 aliphatic rings. The molecule has 4 aromatic rings. The molecule has 0 N–H and O–H groups in total. The van der Waals surface area contributed by atoms with E-state index in [2.05, 4.69) is 51.5 Å². The molecule has 25 heavy (non-hydrogen) atoms. The molecule has 1 aromatic carbocycles. The highest BCUT2D eigenvalue weighted by Crippen LogP contribution is 2.26. The summed E-state index contributed by atoms with van der Waals surface area (Å²) in [6, 6.07) is 12.2. The van der Waals surface area contributed by atoms with Crippen LogP contribution >= 0.6 is 23.1 Å². The quantitative estimate of drug-likeness (QED) is 0.489. The van der Waals surface area contributed by atoms with Gasteiger partial charge in [0.2, 0.25) is 11.7 Å². The van der Waals surface area contributed by atoms with E-state index in [9.17, 15) is 0 Å². The van der Waals surface area contributed by atoms with Crippen LogP contribution < -0.4 is 0 Å². The summed E-state index contributed by atoms with van der Waals surface area (Å²) in [5.74, 6) is 2.59. The first-order chi connectivity index (χ1) is 12.2. The fourth-order valence-electron chi connectivity index (χ4n) is 2.37. The normalized spacial score (nSPS) is 11.1. The SMILES string of the molecule is Cc1ccc(-n2c(C)nnc2SCc2nc(-c3cccs3)no2)cc1. The maximum absolute atomic E-state index is 5.35. The molecule has 4 rings (SSSR count). The van der Waals surface area contributed by atoms with E-state index in [-0.39, 0.29) is 0 Å². The number of thiophene rings is 1. The number of benzene rings is 1. The van der Waals surface area contributed by atoms with Gasteiger partial charge in [-0.3, -0.25) is 4.57 Å². The van der Waals surface area contributed by atoms with Crippen LogP contribution in [0.4, 0.5) is 0 Å². The Morgan fingerprint density at radius 1 is 1.12 bits per heavy atom. The second-order valence-electron chi connectivity index (χ2n) is 5.48. The number of aryl methyl sites for hydroxylation is 2. The minimum atomic E-state index is 0.544. The molecular weight excluding hydrogens is 354 g/mol. The van der Waals surface area contributed by atoms with Crippen molar-refractivity contribution >= 4 is 23.1 Å². The van der Waals surface area contributed by atoms with Crippen molar-refractivity contribution in [3.63, 3.8) is 0 Å². The minimum absolute atomic E-state index is 0.544. The van der Waals surface area contributed by atoms with Gasteiger partial charge in [-0.15, -0.1) is 21.5 Å². The lowest BCUT2D eigenvalue weighted by Crippen LogP contribution is -1.99. The van der Waals surface area contributed by atoms with Crippen LogP contribution in [0.2, 0.25) is 0 Å². The van der Waals surface area contributed by atoms with Crippen molar-refractivity contribution < 1.29 is 4.52 Å². The fourth-order valence-corrected chi connectivity index (χ4v) is 3.86. The molecule has 8 heteroatoms. The Balaban J connectivity index is 1.53. The van der Waals surface area contributed by atoms with Crippen LogP contribution in [0.3, 0.4) is 0 Å². The second kappa shape index (κ2) is 6.81. The van der Waals surface area contributed by atoms with Gasteiger partial charge in [-0.25, -0.2) is 0 Å². The van der Waals surface area contributed by atoms with Crippen molar-refractivity contribution in [1.82, 2.24) is 24.9 Å². The van der Waals surface area contributed by atoms with E-state index in [0.717, 1.165) is 21.5 Å². The number of thioether (sulfide) groups is 1. The van der Waals surface area contributed by atoms with Crippen molar-refractivity contribution in [2.75, 3.05) is 0 Å². The molecule has 126 valence electrons. The molecule has 3 aromatic heterocycles. The summed E-state index contributed by atoms with van der Waals surface area (Å²) in [7, 11) is 0. The first-order valence-electron chi connectivity index (χ1n) is 7.69. The molecule has 6 nitrogen and oxygen atoms in total. The summed E-state index contributed by atoms with van der Waals surface area (Å²) >= 11 is 3.12. The molecule has 0 fully saturated rings. The monoisotopic (exact) mass is 369 g/mol. The predicted molar refractivity (Wildman–Crippen MR) is 98.0 cm³/mol. The third kappa shape index (κ3) is 3.35. The first-order valence-corrected chi connectivity index (χ1v) is 9.55.